The molecule has 1 amide bonds. The van der Waals surface area contributed by atoms with E-state index < -0.39 is 11.7 Å². The summed E-state index contributed by atoms with van der Waals surface area (Å²) in [5.41, 5.74) is 5.77. The normalized spacial score (nSPS) is 11.4. The van der Waals surface area contributed by atoms with E-state index >= 15 is 0 Å². The third-order valence-corrected chi connectivity index (χ3v) is 2.73. The monoisotopic (exact) mass is 298 g/mol. The highest BCUT2D eigenvalue weighted by Crippen LogP contribution is 2.28. The number of carbonyl (C=O) groups is 1. The van der Waals surface area contributed by atoms with Crippen LogP contribution in [-0.4, -0.2) is 15.7 Å². The van der Waals surface area contributed by atoms with Gasteiger partial charge in [0.15, 0.2) is 0 Å². The first kappa shape index (κ1) is 14.9. The van der Waals surface area contributed by atoms with Crippen LogP contribution in [0.5, 0.6) is 0 Å². The zero-order chi connectivity index (χ0) is 15.5. The van der Waals surface area contributed by atoms with E-state index in [0.29, 0.717) is 11.3 Å². The third kappa shape index (κ3) is 4.23. The number of nitrogen functional groups attached to an aromatic ring is 1. The molecule has 2 rings (SSSR count). The summed E-state index contributed by atoms with van der Waals surface area (Å²) in [5.74, 6) is -0.307. The van der Waals surface area contributed by atoms with Crippen molar-refractivity contribution in [3.05, 3.63) is 47.8 Å². The summed E-state index contributed by atoms with van der Waals surface area (Å²) in [5, 5.41) is 6.45. The van der Waals surface area contributed by atoms with Gasteiger partial charge in [0.1, 0.15) is 6.54 Å². The van der Waals surface area contributed by atoms with Gasteiger partial charge in [-0.05, 0) is 17.7 Å². The van der Waals surface area contributed by atoms with Crippen LogP contribution in [-0.2, 0) is 24.1 Å². The number of benzene rings is 1. The molecule has 0 fully saturated rings. The summed E-state index contributed by atoms with van der Waals surface area (Å²) in [4.78, 5) is 11.6. The zero-order valence-electron chi connectivity index (χ0n) is 10.9. The molecule has 0 atom stereocenters. The van der Waals surface area contributed by atoms with Crippen LogP contribution < -0.4 is 11.1 Å². The summed E-state index contributed by atoms with van der Waals surface area (Å²) in [6.07, 6.45) is -1.43. The SMILES string of the molecule is Nc1cnn(CC(=O)NCc2ccc(C(F)(F)F)cc2)c1. The van der Waals surface area contributed by atoms with Crippen LogP contribution in [0.3, 0.4) is 0 Å². The van der Waals surface area contributed by atoms with Gasteiger partial charge in [0.25, 0.3) is 0 Å². The van der Waals surface area contributed by atoms with Gasteiger partial charge in [-0.2, -0.15) is 18.3 Å². The number of halogens is 3. The Balaban J connectivity index is 1.86. The number of hydrogen-bond donors (Lipinski definition) is 2. The zero-order valence-corrected chi connectivity index (χ0v) is 10.9. The maximum absolute atomic E-state index is 12.4. The topological polar surface area (TPSA) is 72.9 Å². The molecule has 2 aromatic rings. The molecule has 1 heterocycles. The van der Waals surface area contributed by atoms with Crippen LogP contribution in [0.1, 0.15) is 11.1 Å². The number of rotatable bonds is 4. The number of nitrogens with zero attached hydrogens (tertiary/aromatic N) is 2. The summed E-state index contributed by atoms with van der Waals surface area (Å²) in [7, 11) is 0. The molecule has 0 radical (unpaired) electrons. The molecular formula is C13H13F3N4O. The van der Waals surface area contributed by atoms with Gasteiger partial charge in [0, 0.05) is 12.7 Å². The Hall–Kier alpha value is -2.51. The second-order valence-corrected chi connectivity index (χ2v) is 4.44. The number of anilines is 1. The predicted molar refractivity (Wildman–Crippen MR) is 69.9 cm³/mol. The van der Waals surface area contributed by atoms with E-state index in [1.54, 1.807) is 0 Å². The lowest BCUT2D eigenvalue weighted by molar-refractivity contribution is -0.137. The fourth-order valence-electron chi connectivity index (χ4n) is 1.68. The minimum Gasteiger partial charge on any atom is -0.396 e. The van der Waals surface area contributed by atoms with Crippen molar-refractivity contribution in [3.8, 4) is 0 Å². The van der Waals surface area contributed by atoms with Crippen LogP contribution in [0, 0.1) is 0 Å². The number of amides is 1. The smallest absolute Gasteiger partial charge is 0.396 e. The van der Waals surface area contributed by atoms with Gasteiger partial charge in [-0.1, -0.05) is 12.1 Å². The van der Waals surface area contributed by atoms with Gasteiger partial charge in [-0.3, -0.25) is 9.48 Å². The average Bonchev–Trinajstić information content (AvgIpc) is 2.81. The van der Waals surface area contributed by atoms with E-state index in [4.69, 9.17) is 5.73 Å². The molecule has 0 aliphatic rings. The van der Waals surface area contributed by atoms with Crippen molar-refractivity contribution in [2.45, 2.75) is 19.3 Å². The van der Waals surface area contributed by atoms with E-state index in [0.717, 1.165) is 12.1 Å². The minimum atomic E-state index is -4.36. The van der Waals surface area contributed by atoms with Crippen LogP contribution in [0.25, 0.3) is 0 Å². The summed E-state index contributed by atoms with van der Waals surface area (Å²) >= 11 is 0. The van der Waals surface area contributed by atoms with Crippen molar-refractivity contribution in [1.29, 1.82) is 0 Å². The fraction of sp³-hybridized carbons (Fsp3) is 0.231. The van der Waals surface area contributed by atoms with E-state index in [1.807, 2.05) is 0 Å². The third-order valence-electron chi connectivity index (χ3n) is 2.73. The molecule has 1 aromatic carbocycles. The van der Waals surface area contributed by atoms with Gasteiger partial charge >= 0.3 is 6.18 Å². The van der Waals surface area contributed by atoms with Crippen molar-refractivity contribution in [2.24, 2.45) is 0 Å². The largest absolute Gasteiger partial charge is 0.416 e. The molecule has 0 bridgehead atoms. The number of aromatic nitrogens is 2. The summed E-state index contributed by atoms with van der Waals surface area (Å²) in [6, 6.07) is 4.62. The van der Waals surface area contributed by atoms with Crippen molar-refractivity contribution < 1.29 is 18.0 Å². The molecule has 21 heavy (non-hydrogen) atoms. The molecule has 8 heteroatoms. The molecule has 3 N–H and O–H groups in total. The highest BCUT2D eigenvalue weighted by molar-refractivity contribution is 5.75. The Labute approximate surface area is 118 Å². The predicted octanol–water partition coefficient (Wildman–Crippen LogP) is 1.80. The first-order valence-corrected chi connectivity index (χ1v) is 6.05. The fourth-order valence-corrected chi connectivity index (χ4v) is 1.68. The lowest BCUT2D eigenvalue weighted by Crippen LogP contribution is -2.27. The van der Waals surface area contributed by atoms with Crippen molar-refractivity contribution in [1.82, 2.24) is 15.1 Å². The Bertz CT molecular complexity index is 619. The van der Waals surface area contributed by atoms with Crippen molar-refractivity contribution >= 4 is 11.6 Å². The molecule has 0 saturated heterocycles. The van der Waals surface area contributed by atoms with E-state index in [9.17, 15) is 18.0 Å². The molecule has 5 nitrogen and oxygen atoms in total. The maximum atomic E-state index is 12.4. The average molecular weight is 298 g/mol. The van der Waals surface area contributed by atoms with Crippen LogP contribution in [0.2, 0.25) is 0 Å². The minimum absolute atomic E-state index is 0.00215. The standard InChI is InChI=1S/C13H13F3N4O/c14-13(15,16)10-3-1-9(2-4-10)5-18-12(21)8-20-7-11(17)6-19-20/h1-4,6-7H,5,8,17H2,(H,18,21). The first-order chi connectivity index (χ1) is 9.84. The molecular weight excluding hydrogens is 285 g/mol. The van der Waals surface area contributed by atoms with E-state index in [2.05, 4.69) is 10.4 Å². The van der Waals surface area contributed by atoms with Crippen molar-refractivity contribution in [3.63, 3.8) is 0 Å². The molecule has 0 unspecified atom stereocenters. The van der Waals surface area contributed by atoms with E-state index in [-0.39, 0.29) is 19.0 Å². The highest BCUT2D eigenvalue weighted by atomic mass is 19.4. The first-order valence-electron chi connectivity index (χ1n) is 6.05. The van der Waals surface area contributed by atoms with Gasteiger partial charge in [0.2, 0.25) is 5.91 Å². The van der Waals surface area contributed by atoms with Gasteiger partial charge < -0.3 is 11.1 Å². The molecule has 0 saturated carbocycles. The lowest BCUT2D eigenvalue weighted by atomic mass is 10.1. The Morgan fingerprint density at radius 3 is 2.48 bits per heavy atom. The molecule has 0 spiro atoms. The van der Waals surface area contributed by atoms with Crippen LogP contribution in [0.15, 0.2) is 36.7 Å². The molecule has 0 aliphatic heterocycles. The van der Waals surface area contributed by atoms with Crippen molar-refractivity contribution in [2.75, 3.05) is 5.73 Å². The van der Waals surface area contributed by atoms with Gasteiger partial charge in [0.05, 0.1) is 17.4 Å². The lowest BCUT2D eigenvalue weighted by Gasteiger charge is -2.08. The Kier molecular flexibility index (Phi) is 4.15. The molecule has 0 aliphatic carbocycles. The molecule has 1 aromatic heterocycles. The van der Waals surface area contributed by atoms with Crippen LogP contribution in [0.4, 0.5) is 18.9 Å². The maximum Gasteiger partial charge on any atom is 0.416 e. The summed E-state index contributed by atoms with van der Waals surface area (Å²) in [6.45, 7) is 0.144. The number of nitrogens with one attached hydrogen (secondary N) is 1. The number of alkyl halides is 3. The second-order valence-electron chi connectivity index (χ2n) is 4.44. The molecule has 112 valence electrons. The number of nitrogens with two attached hydrogens (primary N) is 1. The number of hydrogen-bond acceptors (Lipinski definition) is 3. The second kappa shape index (κ2) is 5.86. The van der Waals surface area contributed by atoms with Crippen LogP contribution >= 0.6 is 0 Å². The van der Waals surface area contributed by atoms with Gasteiger partial charge in [-0.15, -0.1) is 0 Å². The van der Waals surface area contributed by atoms with Gasteiger partial charge in [-0.25, -0.2) is 0 Å². The Morgan fingerprint density at radius 2 is 1.95 bits per heavy atom. The highest BCUT2D eigenvalue weighted by Gasteiger charge is 2.29. The quantitative estimate of drug-likeness (QED) is 0.904. The van der Waals surface area contributed by atoms with E-state index in [1.165, 1.54) is 29.2 Å². The number of carbonyl (C=O) groups excluding carboxylic acids is 1. The summed E-state index contributed by atoms with van der Waals surface area (Å²) < 4.78 is 38.5. The Morgan fingerprint density at radius 1 is 1.29 bits per heavy atom.